The molecule has 2 atom stereocenters. The highest BCUT2D eigenvalue weighted by Crippen LogP contribution is 2.27. The van der Waals surface area contributed by atoms with Crippen LogP contribution in [0.4, 0.5) is 0 Å². The number of carboxylic acid groups (broad SMARTS) is 1. The van der Waals surface area contributed by atoms with Gasteiger partial charge in [0.2, 0.25) is 0 Å². The predicted molar refractivity (Wildman–Crippen MR) is 82.4 cm³/mol. The smallest absolute Gasteiger partial charge is 0.306 e. The zero-order valence-corrected chi connectivity index (χ0v) is 13.0. The quantitative estimate of drug-likeness (QED) is 0.905. The van der Waals surface area contributed by atoms with Crippen LogP contribution in [0.15, 0.2) is 24.5 Å². The molecule has 0 unspecified atom stereocenters. The van der Waals surface area contributed by atoms with Gasteiger partial charge in [0, 0.05) is 18.4 Å². The number of carboxylic acids is 1. The molecule has 1 saturated carbocycles. The van der Waals surface area contributed by atoms with Crippen LogP contribution in [0.2, 0.25) is 0 Å². The number of aromatic nitrogens is 2. The molecule has 2 aromatic rings. The van der Waals surface area contributed by atoms with Crippen molar-refractivity contribution in [2.75, 3.05) is 0 Å². The Kier molecular flexibility index (Phi) is 3.98. The molecule has 2 aromatic heterocycles. The number of carbonyl (C=O) groups excluding carboxylic acids is 1. The molecule has 1 amide bonds. The van der Waals surface area contributed by atoms with Crippen molar-refractivity contribution < 1.29 is 14.7 Å². The molecular weight excluding hydrogens is 302 g/mol. The Balaban J connectivity index is 1.69. The van der Waals surface area contributed by atoms with E-state index in [1.54, 1.807) is 0 Å². The van der Waals surface area contributed by atoms with E-state index in [-0.39, 0.29) is 17.9 Å². The second-order valence-corrected chi connectivity index (χ2v) is 6.50. The third-order valence-corrected chi connectivity index (χ3v) is 5.10. The number of hydrogen-bond donors (Lipinski definition) is 2. The Morgan fingerprint density at radius 1 is 1.36 bits per heavy atom. The Labute approximate surface area is 131 Å². The zero-order chi connectivity index (χ0) is 15.7. The van der Waals surface area contributed by atoms with Gasteiger partial charge in [-0.2, -0.15) is 0 Å². The van der Waals surface area contributed by atoms with Crippen LogP contribution < -0.4 is 5.32 Å². The standard InChI is InChI=1S/C15H17N3O3S/c1-9-12(22-15(16-9)18-6-2-3-7-18)13(19)17-11-5-4-10(8-11)14(20)21/h2-3,6-7,10-11H,4-5,8H2,1H3,(H,17,19)(H,20,21)/t10-,11+/m0/s1. The van der Waals surface area contributed by atoms with Gasteiger partial charge in [-0.1, -0.05) is 11.3 Å². The minimum Gasteiger partial charge on any atom is -0.481 e. The molecule has 1 fully saturated rings. The first-order valence-electron chi connectivity index (χ1n) is 7.19. The van der Waals surface area contributed by atoms with Gasteiger partial charge in [0.25, 0.3) is 5.91 Å². The first-order chi connectivity index (χ1) is 10.5. The summed E-state index contributed by atoms with van der Waals surface area (Å²) in [5, 5.41) is 12.7. The lowest BCUT2D eigenvalue weighted by atomic mass is 10.1. The summed E-state index contributed by atoms with van der Waals surface area (Å²) in [6.45, 7) is 1.81. The van der Waals surface area contributed by atoms with Crippen molar-refractivity contribution in [3.05, 3.63) is 35.1 Å². The lowest BCUT2D eigenvalue weighted by Crippen LogP contribution is -2.33. The number of aliphatic carboxylic acids is 1. The highest BCUT2D eigenvalue weighted by Gasteiger charge is 2.31. The van der Waals surface area contributed by atoms with E-state index in [9.17, 15) is 9.59 Å². The number of carbonyl (C=O) groups is 2. The largest absolute Gasteiger partial charge is 0.481 e. The van der Waals surface area contributed by atoms with Gasteiger partial charge in [-0.15, -0.1) is 0 Å². The summed E-state index contributed by atoms with van der Waals surface area (Å²) >= 11 is 1.34. The molecule has 116 valence electrons. The van der Waals surface area contributed by atoms with Crippen molar-refractivity contribution in [2.24, 2.45) is 5.92 Å². The van der Waals surface area contributed by atoms with Crippen molar-refractivity contribution in [1.29, 1.82) is 0 Å². The Bertz CT molecular complexity index is 693. The van der Waals surface area contributed by atoms with Gasteiger partial charge in [0.05, 0.1) is 11.6 Å². The number of hydrogen-bond acceptors (Lipinski definition) is 4. The maximum Gasteiger partial charge on any atom is 0.306 e. The number of nitrogens with one attached hydrogen (secondary N) is 1. The molecule has 22 heavy (non-hydrogen) atoms. The Morgan fingerprint density at radius 3 is 2.73 bits per heavy atom. The lowest BCUT2D eigenvalue weighted by Gasteiger charge is -2.11. The fourth-order valence-corrected chi connectivity index (χ4v) is 3.69. The van der Waals surface area contributed by atoms with Crippen molar-refractivity contribution in [3.63, 3.8) is 0 Å². The van der Waals surface area contributed by atoms with Crippen LogP contribution in [0.3, 0.4) is 0 Å². The van der Waals surface area contributed by atoms with Crippen molar-refractivity contribution in [3.8, 4) is 5.13 Å². The molecule has 0 aromatic carbocycles. The fourth-order valence-electron chi connectivity index (χ4n) is 2.75. The first kappa shape index (κ1) is 14.8. The van der Waals surface area contributed by atoms with Crippen LogP contribution >= 0.6 is 11.3 Å². The number of aryl methyl sites for hydroxylation is 1. The van der Waals surface area contributed by atoms with Gasteiger partial charge in [-0.05, 0) is 38.3 Å². The minimum atomic E-state index is -0.777. The molecule has 0 saturated heterocycles. The predicted octanol–water partition coefficient (Wildman–Crippen LogP) is 2.23. The molecule has 2 heterocycles. The molecule has 1 aliphatic carbocycles. The summed E-state index contributed by atoms with van der Waals surface area (Å²) in [5.41, 5.74) is 0.694. The van der Waals surface area contributed by atoms with Crippen molar-refractivity contribution >= 4 is 23.2 Å². The highest BCUT2D eigenvalue weighted by molar-refractivity contribution is 7.16. The van der Waals surface area contributed by atoms with Gasteiger partial charge >= 0.3 is 5.97 Å². The molecular formula is C15H17N3O3S. The number of nitrogens with zero attached hydrogens (tertiary/aromatic N) is 2. The summed E-state index contributed by atoms with van der Waals surface area (Å²) in [6, 6.07) is 3.74. The zero-order valence-electron chi connectivity index (χ0n) is 12.2. The van der Waals surface area contributed by atoms with Crippen molar-refractivity contribution in [1.82, 2.24) is 14.9 Å². The van der Waals surface area contributed by atoms with Crippen LogP contribution in [-0.2, 0) is 4.79 Å². The third kappa shape index (κ3) is 2.89. The fraction of sp³-hybridized carbons (Fsp3) is 0.400. The number of amides is 1. The van der Waals surface area contributed by atoms with E-state index < -0.39 is 5.97 Å². The van der Waals surface area contributed by atoms with Crippen LogP contribution in [0.25, 0.3) is 5.13 Å². The summed E-state index contributed by atoms with van der Waals surface area (Å²) < 4.78 is 1.87. The third-order valence-electron chi connectivity index (χ3n) is 3.93. The molecule has 2 N–H and O–H groups in total. The van der Waals surface area contributed by atoms with Crippen LogP contribution in [-0.4, -0.2) is 32.6 Å². The molecule has 7 heteroatoms. The van der Waals surface area contributed by atoms with Crippen molar-refractivity contribution in [2.45, 2.75) is 32.2 Å². The molecule has 6 nitrogen and oxygen atoms in total. The topological polar surface area (TPSA) is 84.2 Å². The van der Waals surface area contributed by atoms with Crippen LogP contribution in [0, 0.1) is 12.8 Å². The van der Waals surface area contributed by atoms with E-state index in [1.807, 2.05) is 36.0 Å². The molecule has 0 spiro atoms. The van der Waals surface area contributed by atoms with Crippen LogP contribution in [0.5, 0.6) is 0 Å². The summed E-state index contributed by atoms with van der Waals surface area (Å²) in [4.78, 5) is 28.4. The summed E-state index contributed by atoms with van der Waals surface area (Å²) in [6.07, 6.45) is 5.60. The molecule has 1 aliphatic rings. The van der Waals surface area contributed by atoms with Gasteiger partial charge < -0.3 is 15.0 Å². The van der Waals surface area contributed by atoms with E-state index >= 15 is 0 Å². The Morgan fingerprint density at radius 2 is 2.09 bits per heavy atom. The van der Waals surface area contributed by atoms with E-state index in [0.29, 0.717) is 29.8 Å². The van der Waals surface area contributed by atoms with E-state index in [2.05, 4.69) is 10.3 Å². The number of rotatable bonds is 4. The maximum absolute atomic E-state index is 12.4. The maximum atomic E-state index is 12.4. The second kappa shape index (κ2) is 5.92. The molecule has 0 aliphatic heterocycles. The van der Waals surface area contributed by atoms with Gasteiger partial charge in [-0.25, -0.2) is 4.98 Å². The lowest BCUT2D eigenvalue weighted by molar-refractivity contribution is -0.141. The normalized spacial score (nSPS) is 21.0. The Hall–Kier alpha value is -2.15. The minimum absolute atomic E-state index is 0.0647. The van der Waals surface area contributed by atoms with E-state index in [0.717, 1.165) is 5.13 Å². The summed E-state index contributed by atoms with van der Waals surface area (Å²) in [7, 11) is 0. The molecule has 0 bridgehead atoms. The van der Waals surface area contributed by atoms with E-state index in [4.69, 9.17) is 5.11 Å². The van der Waals surface area contributed by atoms with E-state index in [1.165, 1.54) is 11.3 Å². The SMILES string of the molecule is Cc1nc(-n2cccc2)sc1C(=O)N[C@@H]1CC[C@H](C(=O)O)C1. The average Bonchev–Trinajstić information content (AvgIpc) is 3.16. The molecule has 0 radical (unpaired) electrons. The first-order valence-corrected chi connectivity index (χ1v) is 8.00. The summed E-state index contributed by atoms with van der Waals surface area (Å²) in [5.74, 6) is -1.28. The number of thiazole rings is 1. The average molecular weight is 319 g/mol. The second-order valence-electron chi connectivity index (χ2n) is 5.52. The monoisotopic (exact) mass is 319 g/mol. The van der Waals surface area contributed by atoms with Gasteiger partial charge in [-0.3, -0.25) is 9.59 Å². The highest BCUT2D eigenvalue weighted by atomic mass is 32.1. The van der Waals surface area contributed by atoms with Gasteiger partial charge in [0.15, 0.2) is 5.13 Å². The van der Waals surface area contributed by atoms with Crippen LogP contribution in [0.1, 0.15) is 34.6 Å². The van der Waals surface area contributed by atoms with Gasteiger partial charge in [0.1, 0.15) is 4.88 Å². The molecule has 3 rings (SSSR count).